The van der Waals surface area contributed by atoms with E-state index in [-0.39, 0.29) is 5.91 Å². The average Bonchev–Trinajstić information content (AvgIpc) is 2.57. The molecule has 1 aliphatic rings. The predicted molar refractivity (Wildman–Crippen MR) is 94.8 cm³/mol. The highest BCUT2D eigenvalue weighted by Gasteiger charge is 2.37. The predicted octanol–water partition coefficient (Wildman–Crippen LogP) is 4.23. The summed E-state index contributed by atoms with van der Waals surface area (Å²) in [5.74, 6) is -2.32. The van der Waals surface area contributed by atoms with Gasteiger partial charge in [0, 0.05) is 11.1 Å². The first-order valence-corrected chi connectivity index (χ1v) is 8.14. The molecular weight excluding hydrogens is 302 g/mol. The maximum atomic E-state index is 12.8. The normalized spacial score (nSPS) is 20.9. The van der Waals surface area contributed by atoms with Crippen LogP contribution in [0.1, 0.15) is 26.7 Å². The smallest absolute Gasteiger partial charge is 0.307 e. The van der Waals surface area contributed by atoms with Crippen molar-refractivity contribution in [3.05, 3.63) is 53.6 Å². The number of rotatable bonds is 3. The first kappa shape index (κ1) is 16.2. The summed E-state index contributed by atoms with van der Waals surface area (Å²) in [6, 6.07) is 13.6. The van der Waals surface area contributed by atoms with Gasteiger partial charge in [0.2, 0.25) is 5.91 Å². The molecule has 2 aromatic rings. The van der Waals surface area contributed by atoms with E-state index in [9.17, 15) is 14.7 Å². The van der Waals surface area contributed by atoms with Crippen LogP contribution in [0.2, 0.25) is 0 Å². The van der Waals surface area contributed by atoms with Crippen LogP contribution in [0.15, 0.2) is 53.6 Å². The van der Waals surface area contributed by atoms with Crippen molar-refractivity contribution < 1.29 is 14.7 Å². The molecule has 0 fully saturated rings. The lowest BCUT2D eigenvalue weighted by molar-refractivity contribution is -0.146. The molecule has 1 aliphatic carbocycles. The van der Waals surface area contributed by atoms with Crippen LogP contribution in [0.5, 0.6) is 0 Å². The number of allylic oxidation sites excluding steroid dienone is 2. The maximum absolute atomic E-state index is 12.8. The summed E-state index contributed by atoms with van der Waals surface area (Å²) in [4.78, 5) is 24.4. The lowest BCUT2D eigenvalue weighted by Gasteiger charge is -2.29. The first-order chi connectivity index (χ1) is 11.5. The van der Waals surface area contributed by atoms with Crippen LogP contribution in [0, 0.1) is 11.8 Å². The Morgan fingerprint density at radius 2 is 1.58 bits per heavy atom. The summed E-state index contributed by atoms with van der Waals surface area (Å²) in [6.45, 7) is 3.93. The van der Waals surface area contributed by atoms with Crippen LogP contribution in [-0.4, -0.2) is 17.0 Å². The fourth-order valence-electron chi connectivity index (χ4n) is 3.39. The number of carbonyl (C=O) groups is 2. The zero-order chi connectivity index (χ0) is 17.3. The Morgan fingerprint density at radius 1 is 0.958 bits per heavy atom. The molecule has 24 heavy (non-hydrogen) atoms. The van der Waals surface area contributed by atoms with Crippen LogP contribution in [0.3, 0.4) is 0 Å². The number of benzene rings is 2. The summed E-state index contributed by atoms with van der Waals surface area (Å²) in [6.07, 6.45) is 0.939. The van der Waals surface area contributed by atoms with Crippen molar-refractivity contribution in [2.45, 2.75) is 26.7 Å². The van der Waals surface area contributed by atoms with E-state index in [1.807, 2.05) is 56.3 Å². The maximum Gasteiger partial charge on any atom is 0.307 e. The number of carboxylic acids is 1. The highest BCUT2D eigenvalue weighted by Crippen LogP contribution is 2.35. The second-order valence-corrected chi connectivity index (χ2v) is 6.54. The highest BCUT2D eigenvalue weighted by molar-refractivity contribution is 6.03. The number of aliphatic carboxylic acids is 1. The second-order valence-electron chi connectivity index (χ2n) is 6.54. The molecule has 4 heteroatoms. The molecule has 0 unspecified atom stereocenters. The quantitative estimate of drug-likeness (QED) is 0.831. The van der Waals surface area contributed by atoms with E-state index in [2.05, 4.69) is 5.32 Å². The summed E-state index contributed by atoms with van der Waals surface area (Å²) < 4.78 is 0. The minimum absolute atomic E-state index is 0.217. The fraction of sp³-hybridized carbons (Fsp3) is 0.300. The zero-order valence-corrected chi connectivity index (χ0v) is 13.9. The Morgan fingerprint density at radius 3 is 2.29 bits per heavy atom. The first-order valence-electron chi connectivity index (χ1n) is 8.14. The molecule has 0 aromatic heterocycles. The number of carbonyl (C=O) groups excluding carboxylic acids is 1. The summed E-state index contributed by atoms with van der Waals surface area (Å²) in [7, 11) is 0. The van der Waals surface area contributed by atoms with Gasteiger partial charge in [-0.2, -0.15) is 0 Å². The molecule has 0 bridgehead atoms. The Kier molecular flexibility index (Phi) is 4.38. The number of amides is 1. The Balaban J connectivity index is 1.89. The van der Waals surface area contributed by atoms with Crippen LogP contribution in [-0.2, 0) is 9.59 Å². The molecule has 2 N–H and O–H groups in total. The third kappa shape index (κ3) is 3.04. The molecule has 4 nitrogen and oxygen atoms in total. The van der Waals surface area contributed by atoms with Crippen molar-refractivity contribution in [1.82, 2.24) is 0 Å². The van der Waals surface area contributed by atoms with Gasteiger partial charge in [-0.1, -0.05) is 47.5 Å². The third-order valence-electron chi connectivity index (χ3n) is 4.97. The van der Waals surface area contributed by atoms with E-state index in [0.717, 1.165) is 27.6 Å². The minimum Gasteiger partial charge on any atom is -0.481 e. The average molecular weight is 323 g/mol. The molecule has 3 rings (SSSR count). The van der Waals surface area contributed by atoms with Gasteiger partial charge in [-0.15, -0.1) is 0 Å². The zero-order valence-electron chi connectivity index (χ0n) is 13.9. The Labute approximate surface area is 141 Å². The number of anilines is 1. The molecule has 0 radical (unpaired) electrons. The highest BCUT2D eigenvalue weighted by atomic mass is 16.4. The molecular formula is C20H21NO3. The van der Waals surface area contributed by atoms with Crippen molar-refractivity contribution in [2.24, 2.45) is 11.8 Å². The van der Waals surface area contributed by atoms with Gasteiger partial charge in [0.15, 0.2) is 0 Å². The largest absolute Gasteiger partial charge is 0.481 e. The molecule has 0 saturated heterocycles. The van der Waals surface area contributed by atoms with Crippen molar-refractivity contribution in [3.8, 4) is 0 Å². The molecule has 0 saturated carbocycles. The topological polar surface area (TPSA) is 66.4 Å². The van der Waals surface area contributed by atoms with E-state index in [1.165, 1.54) is 0 Å². The SMILES string of the molecule is CC1=C(C)C[C@H](C(=O)Nc2cccc3ccccc23)[C@@H](C(=O)O)C1. The number of hydrogen-bond acceptors (Lipinski definition) is 2. The molecule has 124 valence electrons. The van der Waals surface area contributed by atoms with Crippen LogP contribution < -0.4 is 5.32 Å². The molecule has 2 aromatic carbocycles. The van der Waals surface area contributed by atoms with Crippen molar-refractivity contribution in [1.29, 1.82) is 0 Å². The molecule has 1 amide bonds. The Hall–Kier alpha value is -2.62. The van der Waals surface area contributed by atoms with Gasteiger partial charge in [0.05, 0.1) is 11.8 Å². The molecule has 2 atom stereocenters. The number of nitrogens with one attached hydrogen (secondary N) is 1. The summed E-state index contributed by atoms with van der Waals surface area (Å²) >= 11 is 0. The van der Waals surface area contributed by atoms with E-state index < -0.39 is 17.8 Å². The molecule has 0 aliphatic heterocycles. The van der Waals surface area contributed by atoms with Gasteiger partial charge in [-0.25, -0.2) is 0 Å². The number of carboxylic acid groups (broad SMARTS) is 1. The fourth-order valence-corrected chi connectivity index (χ4v) is 3.39. The summed E-state index contributed by atoms with van der Waals surface area (Å²) in [5, 5.41) is 14.4. The van der Waals surface area contributed by atoms with Gasteiger partial charge in [-0.05, 0) is 38.1 Å². The number of hydrogen-bond donors (Lipinski definition) is 2. The van der Waals surface area contributed by atoms with E-state index >= 15 is 0 Å². The van der Waals surface area contributed by atoms with Gasteiger partial charge in [-0.3, -0.25) is 9.59 Å². The van der Waals surface area contributed by atoms with Crippen LogP contribution in [0.25, 0.3) is 10.8 Å². The van der Waals surface area contributed by atoms with E-state index in [0.29, 0.717) is 12.8 Å². The number of fused-ring (bicyclic) bond motifs is 1. The van der Waals surface area contributed by atoms with Crippen LogP contribution in [0.4, 0.5) is 5.69 Å². The van der Waals surface area contributed by atoms with Crippen LogP contribution >= 0.6 is 0 Å². The molecule has 0 heterocycles. The Bertz CT molecular complexity index is 832. The van der Waals surface area contributed by atoms with Gasteiger partial charge < -0.3 is 10.4 Å². The van der Waals surface area contributed by atoms with Crippen molar-refractivity contribution in [2.75, 3.05) is 5.32 Å². The lowest BCUT2D eigenvalue weighted by Crippen LogP contribution is -2.36. The van der Waals surface area contributed by atoms with E-state index in [4.69, 9.17) is 0 Å². The third-order valence-corrected chi connectivity index (χ3v) is 4.97. The minimum atomic E-state index is -0.903. The van der Waals surface area contributed by atoms with E-state index in [1.54, 1.807) is 0 Å². The molecule has 0 spiro atoms. The standard InChI is InChI=1S/C20H21NO3/c1-12-10-16(17(20(23)24)11-13(12)2)19(22)21-18-9-5-7-14-6-3-4-8-15(14)18/h3-9,16-17H,10-11H2,1-2H3,(H,21,22)(H,23,24)/t16-,17-/m0/s1. The monoisotopic (exact) mass is 323 g/mol. The van der Waals surface area contributed by atoms with Gasteiger partial charge >= 0.3 is 5.97 Å². The van der Waals surface area contributed by atoms with Crippen molar-refractivity contribution >= 4 is 28.3 Å². The second kappa shape index (κ2) is 6.48. The van der Waals surface area contributed by atoms with Crippen molar-refractivity contribution in [3.63, 3.8) is 0 Å². The lowest BCUT2D eigenvalue weighted by atomic mass is 9.76. The van der Waals surface area contributed by atoms with Gasteiger partial charge in [0.25, 0.3) is 0 Å². The summed E-state index contributed by atoms with van der Waals surface area (Å²) in [5.41, 5.74) is 2.92. The van der Waals surface area contributed by atoms with Gasteiger partial charge in [0.1, 0.15) is 0 Å².